The zero-order chi connectivity index (χ0) is 11.6. The van der Waals surface area contributed by atoms with Gasteiger partial charge in [-0.05, 0) is 0 Å². The summed E-state index contributed by atoms with van der Waals surface area (Å²) in [6.45, 7) is 0. The van der Waals surface area contributed by atoms with Crippen molar-refractivity contribution in [3.63, 3.8) is 0 Å². The summed E-state index contributed by atoms with van der Waals surface area (Å²) < 4.78 is 22.4. The van der Waals surface area contributed by atoms with Gasteiger partial charge in [-0.3, -0.25) is 0 Å². The Balaban J connectivity index is 3.47. The van der Waals surface area contributed by atoms with Gasteiger partial charge in [0.15, 0.2) is 11.0 Å². The third-order valence-corrected chi connectivity index (χ3v) is 1.93. The summed E-state index contributed by atoms with van der Waals surface area (Å²) in [7, 11) is 2.39. The number of carbonyl (C=O) groups excluding carboxylic acids is 1. The maximum Gasteiger partial charge on any atom is 0.345 e. The van der Waals surface area contributed by atoms with E-state index in [-0.39, 0.29) is 11.4 Å². The van der Waals surface area contributed by atoms with Gasteiger partial charge in [-0.1, -0.05) is 11.6 Å². The van der Waals surface area contributed by atoms with Crippen LogP contribution in [0.15, 0.2) is 0 Å². The molecule has 82 valence electrons. The quantitative estimate of drug-likeness (QED) is 0.616. The van der Waals surface area contributed by atoms with E-state index in [9.17, 15) is 9.18 Å². The van der Waals surface area contributed by atoms with Crippen LogP contribution in [-0.4, -0.2) is 25.2 Å². The molecule has 0 bridgehead atoms. The lowest BCUT2D eigenvalue weighted by Crippen LogP contribution is -2.11. The Morgan fingerprint density at radius 2 is 2.13 bits per heavy atom. The first-order valence-electron chi connectivity index (χ1n) is 3.79. The van der Waals surface area contributed by atoms with Crippen molar-refractivity contribution in [1.82, 2.24) is 4.98 Å². The molecular formula is C8H8ClFN2O3. The maximum atomic E-state index is 13.2. The smallest absolute Gasteiger partial charge is 0.345 e. The number of carbonyl (C=O) groups is 1. The number of anilines is 1. The van der Waals surface area contributed by atoms with Crippen LogP contribution in [0, 0.1) is 5.82 Å². The maximum absolute atomic E-state index is 13.2. The van der Waals surface area contributed by atoms with Gasteiger partial charge < -0.3 is 15.2 Å². The summed E-state index contributed by atoms with van der Waals surface area (Å²) >= 11 is 5.42. The molecule has 0 fully saturated rings. The van der Waals surface area contributed by atoms with Gasteiger partial charge in [0.1, 0.15) is 5.56 Å². The lowest BCUT2D eigenvalue weighted by Gasteiger charge is -2.09. The van der Waals surface area contributed by atoms with Crippen LogP contribution >= 0.6 is 11.6 Å². The Morgan fingerprint density at radius 1 is 1.53 bits per heavy atom. The average molecular weight is 235 g/mol. The molecule has 0 atom stereocenters. The summed E-state index contributed by atoms with van der Waals surface area (Å²) in [6, 6.07) is 0. The number of hydrogen-bond donors (Lipinski definition) is 1. The second-order valence-corrected chi connectivity index (χ2v) is 2.86. The molecule has 1 heterocycles. The first kappa shape index (κ1) is 11.5. The van der Waals surface area contributed by atoms with Gasteiger partial charge in [0.2, 0.25) is 5.88 Å². The molecule has 0 radical (unpaired) electrons. The molecule has 1 aromatic heterocycles. The van der Waals surface area contributed by atoms with E-state index >= 15 is 0 Å². The second-order valence-electron chi connectivity index (χ2n) is 2.51. The van der Waals surface area contributed by atoms with Crippen molar-refractivity contribution in [2.45, 2.75) is 0 Å². The number of pyridine rings is 1. The molecule has 15 heavy (non-hydrogen) atoms. The molecule has 0 amide bonds. The second kappa shape index (κ2) is 4.31. The van der Waals surface area contributed by atoms with E-state index in [4.69, 9.17) is 22.1 Å². The topological polar surface area (TPSA) is 74.4 Å². The molecule has 0 saturated heterocycles. The number of ether oxygens (including phenoxy) is 2. The van der Waals surface area contributed by atoms with E-state index in [1.165, 1.54) is 7.11 Å². The third-order valence-electron chi connectivity index (χ3n) is 1.68. The van der Waals surface area contributed by atoms with E-state index in [1.54, 1.807) is 0 Å². The van der Waals surface area contributed by atoms with Gasteiger partial charge in [0, 0.05) is 0 Å². The molecule has 0 saturated carbocycles. The summed E-state index contributed by atoms with van der Waals surface area (Å²) in [6.07, 6.45) is 0. The fourth-order valence-electron chi connectivity index (χ4n) is 0.977. The van der Waals surface area contributed by atoms with Crippen molar-refractivity contribution in [3.8, 4) is 5.88 Å². The minimum absolute atomic E-state index is 0.175. The monoisotopic (exact) mass is 234 g/mol. The molecule has 2 N–H and O–H groups in total. The van der Waals surface area contributed by atoms with Crippen molar-refractivity contribution < 1.29 is 18.7 Å². The highest BCUT2D eigenvalue weighted by Crippen LogP contribution is 2.29. The van der Waals surface area contributed by atoms with Crippen LogP contribution in [0.5, 0.6) is 5.88 Å². The van der Waals surface area contributed by atoms with Crippen LogP contribution in [0.1, 0.15) is 10.4 Å². The van der Waals surface area contributed by atoms with Crippen molar-refractivity contribution in [2.75, 3.05) is 20.0 Å². The predicted octanol–water partition coefficient (Wildman–Crippen LogP) is 1.25. The average Bonchev–Trinajstić information content (AvgIpc) is 2.24. The summed E-state index contributed by atoms with van der Waals surface area (Å²) in [5, 5.41) is -0.461. The lowest BCUT2D eigenvalue weighted by atomic mass is 10.2. The van der Waals surface area contributed by atoms with Crippen molar-refractivity contribution >= 4 is 23.3 Å². The Kier molecular flexibility index (Phi) is 3.31. The number of nitrogens with two attached hydrogens (primary N) is 1. The van der Waals surface area contributed by atoms with Crippen LogP contribution < -0.4 is 10.5 Å². The molecule has 0 aliphatic carbocycles. The van der Waals surface area contributed by atoms with Crippen LogP contribution in [0.2, 0.25) is 5.15 Å². The summed E-state index contributed by atoms with van der Waals surface area (Å²) in [4.78, 5) is 14.8. The highest BCUT2D eigenvalue weighted by atomic mass is 35.5. The number of nitrogens with zero attached hydrogens (tertiary/aromatic N) is 1. The number of aromatic nitrogens is 1. The number of rotatable bonds is 2. The molecule has 1 rings (SSSR count). The van der Waals surface area contributed by atoms with Crippen molar-refractivity contribution in [2.24, 2.45) is 0 Å². The fourth-order valence-corrected chi connectivity index (χ4v) is 1.16. The first-order valence-corrected chi connectivity index (χ1v) is 4.17. The summed E-state index contributed by atoms with van der Waals surface area (Å²) in [5.41, 5.74) is 4.63. The molecule has 1 aromatic rings. The van der Waals surface area contributed by atoms with Gasteiger partial charge >= 0.3 is 5.97 Å². The van der Waals surface area contributed by atoms with E-state index in [2.05, 4.69) is 9.72 Å². The number of methoxy groups -OCH3 is 2. The molecule has 0 unspecified atom stereocenters. The van der Waals surface area contributed by atoms with Crippen LogP contribution in [-0.2, 0) is 4.74 Å². The molecule has 5 nitrogen and oxygen atoms in total. The lowest BCUT2D eigenvalue weighted by molar-refractivity contribution is 0.0597. The van der Waals surface area contributed by atoms with Gasteiger partial charge in [0.05, 0.1) is 19.9 Å². The third kappa shape index (κ3) is 1.94. The number of hydrogen-bond acceptors (Lipinski definition) is 5. The predicted molar refractivity (Wildman–Crippen MR) is 51.5 cm³/mol. The fraction of sp³-hybridized carbons (Fsp3) is 0.250. The molecule has 0 aromatic carbocycles. The van der Waals surface area contributed by atoms with Crippen molar-refractivity contribution in [1.29, 1.82) is 0 Å². The van der Waals surface area contributed by atoms with Crippen molar-refractivity contribution in [3.05, 3.63) is 16.5 Å². The van der Waals surface area contributed by atoms with Gasteiger partial charge in [-0.15, -0.1) is 0 Å². The number of nitrogen functional groups attached to an aromatic ring is 1. The first-order chi connectivity index (χ1) is 7.02. The van der Waals surface area contributed by atoms with Crippen LogP contribution in [0.25, 0.3) is 0 Å². The van der Waals surface area contributed by atoms with Crippen LogP contribution in [0.3, 0.4) is 0 Å². The zero-order valence-electron chi connectivity index (χ0n) is 8.01. The molecular weight excluding hydrogens is 227 g/mol. The number of esters is 1. The molecule has 0 aliphatic rings. The van der Waals surface area contributed by atoms with Gasteiger partial charge in [-0.2, -0.15) is 4.98 Å². The Labute approximate surface area is 89.9 Å². The molecule has 7 heteroatoms. The zero-order valence-corrected chi connectivity index (χ0v) is 8.76. The molecule has 0 aliphatic heterocycles. The van der Waals surface area contributed by atoms with Gasteiger partial charge in [-0.25, -0.2) is 9.18 Å². The standard InChI is InChI=1S/C8H8ClFN2O3/c1-14-7-3(8(13)15-2)5(11)4(10)6(9)12-7/h1-2H3,(H2,11,12). The highest BCUT2D eigenvalue weighted by molar-refractivity contribution is 6.30. The van der Waals surface area contributed by atoms with Gasteiger partial charge in [0.25, 0.3) is 0 Å². The minimum Gasteiger partial charge on any atom is -0.480 e. The van der Waals surface area contributed by atoms with E-state index in [0.29, 0.717) is 0 Å². The Hall–Kier alpha value is -1.56. The highest BCUT2D eigenvalue weighted by Gasteiger charge is 2.23. The Bertz CT molecular complexity index is 411. The number of halogens is 2. The Morgan fingerprint density at radius 3 is 2.60 bits per heavy atom. The van der Waals surface area contributed by atoms with E-state index in [1.807, 2.05) is 0 Å². The minimum atomic E-state index is -0.974. The largest absolute Gasteiger partial charge is 0.480 e. The van der Waals surface area contributed by atoms with Crippen LogP contribution in [0.4, 0.5) is 10.1 Å². The SMILES string of the molecule is COC(=O)c1c(OC)nc(Cl)c(F)c1N. The van der Waals surface area contributed by atoms with E-state index in [0.717, 1.165) is 7.11 Å². The normalized spacial score (nSPS) is 9.87. The summed E-state index contributed by atoms with van der Waals surface area (Å²) in [5.74, 6) is -1.99. The molecule has 0 spiro atoms. The van der Waals surface area contributed by atoms with E-state index < -0.39 is 22.6 Å².